The number of ether oxygens (including phenoxy) is 1. The third-order valence-corrected chi connectivity index (χ3v) is 7.13. The monoisotopic (exact) mass is 473 g/mol. The van der Waals surface area contributed by atoms with E-state index in [0.717, 1.165) is 49.5 Å². The van der Waals surface area contributed by atoms with E-state index in [2.05, 4.69) is 16.8 Å². The van der Waals surface area contributed by atoms with Crippen molar-refractivity contribution < 1.29 is 19.1 Å². The lowest BCUT2D eigenvalue weighted by atomic mass is 9.99. The summed E-state index contributed by atoms with van der Waals surface area (Å²) in [6, 6.07) is 13.2. The zero-order valence-electron chi connectivity index (χ0n) is 19.9. The molecule has 1 N–H and O–H groups in total. The fourth-order valence-electron chi connectivity index (χ4n) is 5.08. The van der Waals surface area contributed by atoms with Crippen LogP contribution in [0.5, 0.6) is 0 Å². The first-order valence-corrected chi connectivity index (χ1v) is 12.3. The Kier molecular flexibility index (Phi) is 6.79. The second-order valence-electron chi connectivity index (χ2n) is 9.58. The van der Waals surface area contributed by atoms with Gasteiger partial charge in [-0.3, -0.25) is 19.3 Å². The summed E-state index contributed by atoms with van der Waals surface area (Å²) in [7, 11) is 0. The highest BCUT2D eigenvalue weighted by Crippen LogP contribution is 2.29. The van der Waals surface area contributed by atoms with Crippen LogP contribution in [0.25, 0.3) is 0 Å². The van der Waals surface area contributed by atoms with Gasteiger partial charge in [0.05, 0.1) is 13.2 Å². The molecule has 0 aromatic heterocycles. The van der Waals surface area contributed by atoms with E-state index in [0.29, 0.717) is 43.5 Å². The van der Waals surface area contributed by atoms with Gasteiger partial charge in [0.1, 0.15) is 6.04 Å². The quantitative estimate of drug-likeness (QED) is 0.626. The number of hydrogen-bond donors (Lipinski definition) is 1. The van der Waals surface area contributed by atoms with Crippen molar-refractivity contribution in [3.05, 3.63) is 82.6 Å². The SMILES string of the molecule is C=C1CCC(N2Cc3cc(CCC(=O)c4ccc(CN5CCOCC5)cc4)ccc3C2=O)C(=O)N1. The Morgan fingerprint density at radius 3 is 2.54 bits per heavy atom. The number of piperidine rings is 1. The molecular formula is C28H31N3O4. The Balaban J connectivity index is 1.17. The number of carbonyl (C=O) groups is 3. The van der Waals surface area contributed by atoms with Crippen LogP contribution in [-0.2, 0) is 29.0 Å². The van der Waals surface area contributed by atoms with Crippen molar-refractivity contribution in [2.24, 2.45) is 0 Å². The van der Waals surface area contributed by atoms with Crippen LogP contribution in [0.15, 0.2) is 54.7 Å². The number of hydrogen-bond acceptors (Lipinski definition) is 5. The van der Waals surface area contributed by atoms with Gasteiger partial charge in [-0.2, -0.15) is 0 Å². The average Bonchev–Trinajstić information content (AvgIpc) is 3.19. The first-order valence-electron chi connectivity index (χ1n) is 12.3. The highest BCUT2D eigenvalue weighted by atomic mass is 16.5. The molecule has 2 aromatic carbocycles. The van der Waals surface area contributed by atoms with Gasteiger partial charge in [0.15, 0.2) is 5.78 Å². The molecule has 3 aliphatic heterocycles. The second-order valence-corrected chi connectivity index (χ2v) is 9.58. The lowest BCUT2D eigenvalue weighted by molar-refractivity contribution is -0.126. The second kappa shape index (κ2) is 10.1. The molecule has 1 unspecified atom stereocenters. The normalized spacial score (nSPS) is 20.6. The van der Waals surface area contributed by atoms with Gasteiger partial charge in [-0.15, -0.1) is 0 Å². The molecule has 0 saturated carbocycles. The van der Waals surface area contributed by atoms with Crippen molar-refractivity contribution in [2.45, 2.75) is 44.8 Å². The molecule has 0 spiro atoms. The van der Waals surface area contributed by atoms with Crippen molar-refractivity contribution in [3.63, 3.8) is 0 Å². The number of carbonyl (C=O) groups excluding carboxylic acids is 3. The molecule has 1 atom stereocenters. The van der Waals surface area contributed by atoms with Gasteiger partial charge in [-0.25, -0.2) is 0 Å². The number of aryl methyl sites for hydroxylation is 1. The Morgan fingerprint density at radius 1 is 1.06 bits per heavy atom. The third-order valence-electron chi connectivity index (χ3n) is 7.13. The fourth-order valence-corrected chi connectivity index (χ4v) is 5.08. The van der Waals surface area contributed by atoms with E-state index in [1.165, 1.54) is 5.56 Å². The Morgan fingerprint density at radius 2 is 1.80 bits per heavy atom. The molecule has 2 aromatic rings. The highest BCUT2D eigenvalue weighted by molar-refractivity contribution is 6.01. The molecule has 2 amide bonds. The number of Topliss-reactive ketones (excluding diaryl/α,β-unsaturated/α-hetero) is 1. The topological polar surface area (TPSA) is 79.0 Å². The Bertz CT molecular complexity index is 1150. The van der Waals surface area contributed by atoms with Crippen molar-refractivity contribution in [3.8, 4) is 0 Å². The molecule has 7 heteroatoms. The molecule has 5 rings (SSSR count). The number of benzene rings is 2. The zero-order chi connectivity index (χ0) is 24.4. The van der Waals surface area contributed by atoms with E-state index in [9.17, 15) is 14.4 Å². The van der Waals surface area contributed by atoms with Crippen molar-refractivity contribution >= 4 is 17.6 Å². The Labute approximate surface area is 205 Å². The molecule has 2 saturated heterocycles. The molecule has 182 valence electrons. The van der Waals surface area contributed by atoms with E-state index in [-0.39, 0.29) is 17.6 Å². The average molecular weight is 474 g/mol. The standard InChI is InChI=1S/C28H31N3O4/c1-19-2-10-25(27(33)29-19)31-18-23-16-20(5-9-24(23)28(31)34)6-11-26(32)22-7-3-21(4-8-22)17-30-12-14-35-15-13-30/h3-5,7-9,16,25H,1-2,6,10-15,17-18H2,(H,29,33). The predicted octanol–water partition coefficient (Wildman–Crippen LogP) is 3.08. The van der Waals surface area contributed by atoms with Crippen molar-refractivity contribution in [1.82, 2.24) is 15.1 Å². The summed E-state index contributed by atoms with van der Waals surface area (Å²) in [6.45, 7) is 8.54. The number of morpholine rings is 1. The van der Waals surface area contributed by atoms with Gasteiger partial charge in [0, 0.05) is 49.4 Å². The first kappa shape index (κ1) is 23.5. The van der Waals surface area contributed by atoms with Gasteiger partial charge < -0.3 is 15.0 Å². The van der Waals surface area contributed by atoms with Crippen LogP contribution in [-0.4, -0.2) is 59.7 Å². The molecule has 2 fully saturated rings. The number of nitrogens with zero attached hydrogens (tertiary/aromatic N) is 2. The van der Waals surface area contributed by atoms with E-state index in [1.54, 1.807) is 4.90 Å². The summed E-state index contributed by atoms with van der Waals surface area (Å²) in [4.78, 5) is 42.1. The smallest absolute Gasteiger partial charge is 0.255 e. The van der Waals surface area contributed by atoms with E-state index in [4.69, 9.17) is 4.74 Å². The van der Waals surface area contributed by atoms with Crippen LogP contribution >= 0.6 is 0 Å². The van der Waals surface area contributed by atoms with Crippen molar-refractivity contribution in [1.29, 1.82) is 0 Å². The minimum absolute atomic E-state index is 0.104. The van der Waals surface area contributed by atoms with Crippen LogP contribution in [0, 0.1) is 0 Å². The number of rotatable bonds is 7. The van der Waals surface area contributed by atoms with E-state index >= 15 is 0 Å². The number of nitrogens with one attached hydrogen (secondary N) is 1. The maximum Gasteiger partial charge on any atom is 0.255 e. The number of fused-ring (bicyclic) bond motifs is 1. The summed E-state index contributed by atoms with van der Waals surface area (Å²) < 4.78 is 5.40. The first-order chi connectivity index (χ1) is 17.0. The minimum atomic E-state index is -0.461. The van der Waals surface area contributed by atoms with Gasteiger partial charge in [0.25, 0.3) is 5.91 Å². The summed E-state index contributed by atoms with van der Waals surface area (Å²) >= 11 is 0. The summed E-state index contributed by atoms with van der Waals surface area (Å²) in [5.41, 5.74) is 5.22. The van der Waals surface area contributed by atoms with Gasteiger partial charge in [-0.1, -0.05) is 43.0 Å². The van der Waals surface area contributed by atoms with E-state index in [1.807, 2.05) is 42.5 Å². The molecule has 7 nitrogen and oxygen atoms in total. The molecule has 3 aliphatic rings. The zero-order valence-corrected chi connectivity index (χ0v) is 19.9. The summed E-state index contributed by atoms with van der Waals surface area (Å²) in [5.74, 6) is -0.156. The third kappa shape index (κ3) is 5.21. The molecule has 0 radical (unpaired) electrons. The lowest BCUT2D eigenvalue weighted by Gasteiger charge is -2.30. The molecular weight excluding hydrogens is 442 g/mol. The lowest BCUT2D eigenvalue weighted by Crippen LogP contribution is -2.49. The maximum absolute atomic E-state index is 12.9. The molecule has 3 heterocycles. The van der Waals surface area contributed by atoms with Gasteiger partial charge >= 0.3 is 0 Å². The molecule has 0 bridgehead atoms. The van der Waals surface area contributed by atoms with Crippen LogP contribution in [0.4, 0.5) is 0 Å². The summed E-state index contributed by atoms with van der Waals surface area (Å²) in [6.07, 6.45) is 2.29. The van der Waals surface area contributed by atoms with Crippen LogP contribution < -0.4 is 5.32 Å². The predicted molar refractivity (Wildman–Crippen MR) is 132 cm³/mol. The largest absolute Gasteiger partial charge is 0.379 e. The number of amides is 2. The minimum Gasteiger partial charge on any atom is -0.379 e. The highest BCUT2D eigenvalue weighted by Gasteiger charge is 2.38. The van der Waals surface area contributed by atoms with Crippen LogP contribution in [0.3, 0.4) is 0 Å². The van der Waals surface area contributed by atoms with Crippen LogP contribution in [0.1, 0.15) is 56.7 Å². The molecule has 35 heavy (non-hydrogen) atoms. The van der Waals surface area contributed by atoms with E-state index < -0.39 is 6.04 Å². The Hall–Kier alpha value is -3.29. The summed E-state index contributed by atoms with van der Waals surface area (Å²) in [5, 5.41) is 2.76. The molecule has 0 aliphatic carbocycles. The maximum atomic E-state index is 12.9. The van der Waals surface area contributed by atoms with Crippen molar-refractivity contribution in [2.75, 3.05) is 26.3 Å². The van der Waals surface area contributed by atoms with Gasteiger partial charge in [-0.05, 0) is 42.0 Å². The number of ketones is 1. The van der Waals surface area contributed by atoms with Crippen LogP contribution in [0.2, 0.25) is 0 Å². The van der Waals surface area contributed by atoms with Gasteiger partial charge in [0.2, 0.25) is 5.91 Å². The fraction of sp³-hybridized carbons (Fsp3) is 0.393. The number of allylic oxidation sites excluding steroid dienone is 1.